The molecule has 1 fully saturated rings. The van der Waals surface area contributed by atoms with E-state index in [2.05, 4.69) is 26.0 Å². The minimum atomic E-state index is -0.413. The number of anilines is 2. The monoisotopic (exact) mass is 465 g/mol. The highest BCUT2D eigenvalue weighted by atomic mass is 35.5. The molecule has 0 bridgehead atoms. The summed E-state index contributed by atoms with van der Waals surface area (Å²) in [5.41, 5.74) is 0.690. The van der Waals surface area contributed by atoms with Crippen LogP contribution in [0.3, 0.4) is 0 Å². The Morgan fingerprint density at radius 2 is 2.13 bits per heavy atom. The van der Waals surface area contributed by atoms with Gasteiger partial charge in [-0.25, -0.2) is 0 Å². The average Bonchev–Trinajstić information content (AvgIpc) is 3.28. The van der Waals surface area contributed by atoms with Crippen molar-refractivity contribution >= 4 is 57.3 Å². The number of benzene rings is 1. The fourth-order valence-electron chi connectivity index (χ4n) is 2.53. The molecule has 1 saturated carbocycles. The van der Waals surface area contributed by atoms with Crippen molar-refractivity contribution in [3.8, 4) is 5.75 Å². The lowest BCUT2D eigenvalue weighted by Gasteiger charge is -2.09. The molecule has 4 rings (SSSR count). The van der Waals surface area contributed by atoms with Crippen molar-refractivity contribution in [1.82, 2.24) is 15.4 Å². The van der Waals surface area contributed by atoms with Crippen molar-refractivity contribution in [2.24, 2.45) is 0 Å². The van der Waals surface area contributed by atoms with Gasteiger partial charge < -0.3 is 14.6 Å². The molecule has 1 aliphatic rings. The van der Waals surface area contributed by atoms with Gasteiger partial charge in [0.1, 0.15) is 11.5 Å². The lowest BCUT2D eigenvalue weighted by molar-refractivity contribution is -0.113. The van der Waals surface area contributed by atoms with Gasteiger partial charge in [-0.2, -0.15) is 0 Å². The van der Waals surface area contributed by atoms with Crippen LogP contribution in [-0.4, -0.2) is 40.0 Å². The van der Waals surface area contributed by atoms with Crippen LogP contribution in [-0.2, 0) is 4.79 Å². The fraction of sp³-hybridized carbons (Fsp3) is 0.278. The first-order valence-corrected chi connectivity index (χ1v) is 11.1. The van der Waals surface area contributed by atoms with Crippen LogP contribution in [0.15, 0.2) is 33.1 Å². The maximum Gasteiger partial charge on any atom is 0.279 e. The first-order chi connectivity index (χ1) is 14.5. The summed E-state index contributed by atoms with van der Waals surface area (Å²) in [5.74, 6) is 1.06. The standard InChI is InChI=1S/C18H16ClN5O4S2/c1-27-13-5-4-10(19)6-11(13)20-15(25)8-29-18-23-22-17(30-18)21-16(26)12-7-14(28-24-12)9-2-3-9/h4-7,9H,2-3,8H2,1H3,(H,20,25)(H,21,22,26). The number of aromatic nitrogens is 3. The van der Waals surface area contributed by atoms with Gasteiger partial charge in [0.05, 0.1) is 18.6 Å². The molecule has 2 N–H and O–H groups in total. The van der Waals surface area contributed by atoms with Crippen LogP contribution in [0.2, 0.25) is 5.02 Å². The van der Waals surface area contributed by atoms with Crippen molar-refractivity contribution < 1.29 is 18.8 Å². The number of carbonyl (C=O) groups excluding carboxylic acids is 2. The molecule has 0 atom stereocenters. The van der Waals surface area contributed by atoms with Gasteiger partial charge in [-0.05, 0) is 31.0 Å². The molecule has 2 aromatic heterocycles. The minimum Gasteiger partial charge on any atom is -0.495 e. The number of halogens is 1. The molecule has 0 unspecified atom stereocenters. The lowest BCUT2D eigenvalue weighted by atomic mass is 10.3. The van der Waals surface area contributed by atoms with Crippen molar-refractivity contribution in [2.75, 3.05) is 23.5 Å². The second kappa shape index (κ2) is 9.02. The van der Waals surface area contributed by atoms with E-state index in [0.29, 0.717) is 31.8 Å². The zero-order valence-corrected chi connectivity index (χ0v) is 18.1. The summed E-state index contributed by atoms with van der Waals surface area (Å²) in [6, 6.07) is 6.61. The molecule has 9 nitrogen and oxygen atoms in total. The summed E-state index contributed by atoms with van der Waals surface area (Å²) in [6.07, 6.45) is 2.12. The van der Waals surface area contributed by atoms with Gasteiger partial charge >= 0.3 is 0 Å². The zero-order valence-electron chi connectivity index (χ0n) is 15.7. The van der Waals surface area contributed by atoms with E-state index < -0.39 is 5.91 Å². The normalized spacial score (nSPS) is 13.1. The number of nitrogens with one attached hydrogen (secondary N) is 2. The summed E-state index contributed by atoms with van der Waals surface area (Å²) in [4.78, 5) is 24.5. The van der Waals surface area contributed by atoms with Crippen LogP contribution in [0.5, 0.6) is 5.75 Å². The predicted octanol–water partition coefficient (Wildman–Crippen LogP) is 4.05. The van der Waals surface area contributed by atoms with E-state index in [-0.39, 0.29) is 17.4 Å². The highest BCUT2D eigenvalue weighted by molar-refractivity contribution is 8.01. The second-order valence-electron chi connectivity index (χ2n) is 6.40. The first-order valence-electron chi connectivity index (χ1n) is 8.89. The van der Waals surface area contributed by atoms with E-state index in [1.54, 1.807) is 24.3 Å². The third-order valence-electron chi connectivity index (χ3n) is 4.13. The van der Waals surface area contributed by atoms with Gasteiger partial charge in [-0.15, -0.1) is 10.2 Å². The van der Waals surface area contributed by atoms with Crippen LogP contribution < -0.4 is 15.4 Å². The molecule has 3 aromatic rings. The zero-order chi connectivity index (χ0) is 21.1. The SMILES string of the molecule is COc1ccc(Cl)cc1NC(=O)CSc1nnc(NC(=O)c2cc(C3CC3)on2)s1. The molecule has 156 valence electrons. The van der Waals surface area contributed by atoms with Crippen LogP contribution in [0.25, 0.3) is 0 Å². The van der Waals surface area contributed by atoms with Crippen LogP contribution >= 0.6 is 34.7 Å². The van der Waals surface area contributed by atoms with Crippen LogP contribution in [0.4, 0.5) is 10.8 Å². The van der Waals surface area contributed by atoms with Crippen molar-refractivity contribution in [3.63, 3.8) is 0 Å². The first kappa shape index (κ1) is 20.6. The molecule has 2 amide bonds. The highest BCUT2D eigenvalue weighted by Gasteiger charge is 2.29. The van der Waals surface area contributed by atoms with Gasteiger partial charge in [-0.1, -0.05) is 39.9 Å². The number of amides is 2. The Labute approximate surface area is 184 Å². The molecule has 12 heteroatoms. The number of hydrogen-bond acceptors (Lipinski definition) is 9. The molecule has 0 saturated heterocycles. The van der Waals surface area contributed by atoms with E-state index in [1.807, 2.05) is 0 Å². The van der Waals surface area contributed by atoms with Crippen molar-refractivity contribution in [1.29, 1.82) is 0 Å². The molecule has 0 radical (unpaired) electrons. The fourth-order valence-corrected chi connectivity index (χ4v) is 4.25. The minimum absolute atomic E-state index is 0.103. The maximum atomic E-state index is 12.2. The van der Waals surface area contributed by atoms with E-state index >= 15 is 0 Å². The van der Waals surface area contributed by atoms with Crippen LogP contribution in [0.1, 0.15) is 35.0 Å². The van der Waals surface area contributed by atoms with Crippen molar-refractivity contribution in [2.45, 2.75) is 23.1 Å². The van der Waals surface area contributed by atoms with Gasteiger partial charge in [0, 0.05) is 17.0 Å². The number of ether oxygens (including phenoxy) is 1. The second-order valence-corrected chi connectivity index (χ2v) is 9.03. The molecule has 30 heavy (non-hydrogen) atoms. The van der Waals surface area contributed by atoms with E-state index in [0.717, 1.165) is 29.9 Å². The van der Waals surface area contributed by atoms with Crippen molar-refractivity contribution in [3.05, 3.63) is 40.7 Å². The Kier molecular flexibility index (Phi) is 6.21. The number of hydrogen-bond donors (Lipinski definition) is 2. The predicted molar refractivity (Wildman–Crippen MR) is 114 cm³/mol. The largest absolute Gasteiger partial charge is 0.495 e. The molecule has 1 aliphatic carbocycles. The smallest absolute Gasteiger partial charge is 0.279 e. The Morgan fingerprint density at radius 1 is 1.30 bits per heavy atom. The molecule has 2 heterocycles. The lowest BCUT2D eigenvalue weighted by Crippen LogP contribution is -2.14. The molecular weight excluding hydrogens is 450 g/mol. The number of thioether (sulfide) groups is 1. The Balaban J connectivity index is 1.29. The average molecular weight is 466 g/mol. The number of carbonyl (C=O) groups is 2. The van der Waals surface area contributed by atoms with E-state index in [9.17, 15) is 9.59 Å². The van der Waals surface area contributed by atoms with E-state index in [4.69, 9.17) is 20.9 Å². The summed E-state index contributed by atoms with van der Waals surface area (Å²) in [6.45, 7) is 0. The summed E-state index contributed by atoms with van der Waals surface area (Å²) in [5, 5.41) is 17.9. The topological polar surface area (TPSA) is 119 Å². The van der Waals surface area contributed by atoms with Gasteiger partial charge in [-0.3, -0.25) is 14.9 Å². The Hall–Kier alpha value is -2.63. The van der Waals surface area contributed by atoms with Gasteiger partial charge in [0.25, 0.3) is 5.91 Å². The molecular formula is C18H16ClN5O4S2. The summed E-state index contributed by atoms with van der Waals surface area (Å²) >= 11 is 8.33. The molecule has 1 aromatic carbocycles. The maximum absolute atomic E-state index is 12.2. The third-order valence-corrected chi connectivity index (χ3v) is 6.34. The molecule has 0 spiro atoms. The quantitative estimate of drug-likeness (QED) is 0.377. The molecule has 0 aliphatic heterocycles. The number of rotatable bonds is 8. The third kappa shape index (κ3) is 5.10. The highest BCUT2D eigenvalue weighted by Crippen LogP contribution is 2.40. The number of methoxy groups -OCH3 is 1. The van der Waals surface area contributed by atoms with Crippen LogP contribution in [0, 0.1) is 0 Å². The summed E-state index contributed by atoms with van der Waals surface area (Å²) < 4.78 is 10.9. The Bertz CT molecular complexity index is 1080. The number of nitrogens with zero attached hydrogens (tertiary/aromatic N) is 3. The Morgan fingerprint density at radius 3 is 2.90 bits per heavy atom. The van der Waals surface area contributed by atoms with Gasteiger partial charge in [0.15, 0.2) is 10.0 Å². The van der Waals surface area contributed by atoms with Gasteiger partial charge in [0.2, 0.25) is 11.0 Å². The summed E-state index contributed by atoms with van der Waals surface area (Å²) in [7, 11) is 1.51. The van der Waals surface area contributed by atoms with E-state index in [1.165, 1.54) is 18.9 Å².